The number of esters is 1. The highest BCUT2D eigenvalue weighted by Gasteiger charge is 2.23. The van der Waals surface area contributed by atoms with Gasteiger partial charge in [0.1, 0.15) is 6.54 Å². The molecule has 0 spiro atoms. The highest BCUT2D eigenvalue weighted by molar-refractivity contribution is 5.71. The molecule has 0 rings (SSSR count). The van der Waals surface area contributed by atoms with E-state index >= 15 is 0 Å². The zero-order chi connectivity index (χ0) is 15.8. The number of carbonyl (C=O) groups is 2. The molecule has 5 heteroatoms. The minimum atomic E-state index is -1.18. The van der Waals surface area contributed by atoms with Crippen LogP contribution in [0.2, 0.25) is 0 Å². The molecule has 0 aliphatic heterocycles. The molecule has 0 heterocycles. The molecule has 0 bridgehead atoms. The molecule has 0 saturated heterocycles. The van der Waals surface area contributed by atoms with E-state index in [2.05, 4.69) is 6.92 Å². The van der Waals surface area contributed by atoms with Gasteiger partial charge in [-0.25, -0.2) is 0 Å². The number of hydrogen-bond donors (Lipinski definition) is 0. The summed E-state index contributed by atoms with van der Waals surface area (Å²) in [5.74, 6) is -1.22. The second-order valence-electron chi connectivity index (χ2n) is 6.61. The summed E-state index contributed by atoms with van der Waals surface area (Å²) in [6.07, 6.45) is 2.67. The lowest BCUT2D eigenvalue weighted by molar-refractivity contribution is -0.873. The molecule has 2 atom stereocenters. The fourth-order valence-electron chi connectivity index (χ4n) is 2.11. The van der Waals surface area contributed by atoms with Crippen molar-refractivity contribution in [1.82, 2.24) is 0 Å². The van der Waals surface area contributed by atoms with Gasteiger partial charge in [-0.2, -0.15) is 0 Å². The lowest BCUT2D eigenvalue weighted by atomic mass is 10.0. The number of carboxylic acids is 1. The van der Waals surface area contributed by atoms with Gasteiger partial charge >= 0.3 is 5.97 Å². The van der Waals surface area contributed by atoms with Crippen LogP contribution in [0.25, 0.3) is 0 Å². The largest absolute Gasteiger partial charge is 0.550 e. The predicted octanol–water partition coefficient (Wildman–Crippen LogP) is 0.961. The Hall–Kier alpha value is -1.10. The Bertz CT molecular complexity index is 309. The van der Waals surface area contributed by atoms with Crippen LogP contribution in [0, 0.1) is 5.92 Å². The molecule has 0 amide bonds. The Morgan fingerprint density at radius 3 is 2.25 bits per heavy atom. The van der Waals surface area contributed by atoms with Gasteiger partial charge in [0, 0.05) is 18.8 Å². The average molecular weight is 287 g/mol. The van der Waals surface area contributed by atoms with Crippen molar-refractivity contribution in [3.05, 3.63) is 0 Å². The van der Waals surface area contributed by atoms with E-state index in [0.717, 1.165) is 19.3 Å². The van der Waals surface area contributed by atoms with Gasteiger partial charge in [-0.1, -0.05) is 33.1 Å². The lowest BCUT2D eigenvalue weighted by Crippen LogP contribution is -2.45. The minimum absolute atomic E-state index is 0.245. The molecule has 2 unspecified atom stereocenters. The zero-order valence-electron chi connectivity index (χ0n) is 13.5. The van der Waals surface area contributed by atoms with Gasteiger partial charge in [-0.3, -0.25) is 4.79 Å². The molecule has 0 aliphatic rings. The van der Waals surface area contributed by atoms with E-state index in [-0.39, 0.29) is 18.3 Å². The molecular formula is C15H29NO4. The number of carbonyl (C=O) groups excluding carboxylic acids is 2. The van der Waals surface area contributed by atoms with Crippen LogP contribution in [0.1, 0.15) is 46.0 Å². The smallest absolute Gasteiger partial charge is 0.306 e. The van der Waals surface area contributed by atoms with E-state index in [1.54, 1.807) is 0 Å². The number of carboxylic acid groups (broad SMARTS) is 1. The van der Waals surface area contributed by atoms with Crippen LogP contribution in [-0.2, 0) is 14.3 Å². The Morgan fingerprint density at radius 2 is 1.80 bits per heavy atom. The third-order valence-electron chi connectivity index (χ3n) is 3.01. The van der Waals surface area contributed by atoms with Crippen molar-refractivity contribution in [3.8, 4) is 0 Å². The van der Waals surface area contributed by atoms with Crippen LogP contribution < -0.4 is 5.11 Å². The Balaban J connectivity index is 4.34. The number of ether oxygens (including phenoxy) is 1. The normalized spacial score (nSPS) is 14.7. The number of quaternary nitrogens is 1. The third-order valence-corrected chi connectivity index (χ3v) is 3.01. The Morgan fingerprint density at radius 1 is 1.20 bits per heavy atom. The average Bonchev–Trinajstić information content (AvgIpc) is 2.22. The molecule has 0 aromatic carbocycles. The maximum absolute atomic E-state index is 11.9. The second kappa shape index (κ2) is 8.95. The van der Waals surface area contributed by atoms with Gasteiger partial charge in [0.05, 0.1) is 21.1 Å². The fourth-order valence-corrected chi connectivity index (χ4v) is 2.11. The maximum Gasteiger partial charge on any atom is 0.306 e. The first kappa shape index (κ1) is 18.9. The molecule has 0 saturated carbocycles. The van der Waals surface area contributed by atoms with Crippen LogP contribution in [0.15, 0.2) is 0 Å². The summed E-state index contributed by atoms with van der Waals surface area (Å²) in [6, 6.07) is 0. The van der Waals surface area contributed by atoms with E-state index < -0.39 is 12.1 Å². The van der Waals surface area contributed by atoms with Crippen molar-refractivity contribution in [2.24, 2.45) is 5.92 Å². The molecule has 5 nitrogen and oxygen atoms in total. The number of rotatable bonds is 10. The van der Waals surface area contributed by atoms with Crippen molar-refractivity contribution >= 4 is 11.9 Å². The summed E-state index contributed by atoms with van der Waals surface area (Å²) in [5.41, 5.74) is 0. The molecule has 20 heavy (non-hydrogen) atoms. The number of likely N-dealkylation sites (N-methyl/N-ethyl adjacent to an activating group) is 1. The topological polar surface area (TPSA) is 66.4 Å². The Kier molecular flexibility index (Phi) is 8.46. The van der Waals surface area contributed by atoms with Crippen molar-refractivity contribution in [2.45, 2.75) is 52.1 Å². The van der Waals surface area contributed by atoms with Gasteiger partial charge in [-0.15, -0.1) is 0 Å². The van der Waals surface area contributed by atoms with Crippen LogP contribution >= 0.6 is 0 Å². The van der Waals surface area contributed by atoms with Crippen molar-refractivity contribution in [1.29, 1.82) is 0 Å². The van der Waals surface area contributed by atoms with Crippen LogP contribution in [0.3, 0.4) is 0 Å². The Labute approximate surface area is 122 Å². The number of hydrogen-bond acceptors (Lipinski definition) is 4. The quantitative estimate of drug-likeness (QED) is 0.443. The summed E-state index contributed by atoms with van der Waals surface area (Å²) in [4.78, 5) is 22.6. The molecule has 0 radical (unpaired) electrons. The molecule has 0 aliphatic carbocycles. The van der Waals surface area contributed by atoms with Gasteiger partial charge < -0.3 is 19.1 Å². The van der Waals surface area contributed by atoms with Crippen molar-refractivity contribution in [3.63, 3.8) is 0 Å². The minimum Gasteiger partial charge on any atom is -0.550 e. The van der Waals surface area contributed by atoms with Gasteiger partial charge in [0.25, 0.3) is 0 Å². The summed E-state index contributed by atoms with van der Waals surface area (Å²) >= 11 is 0. The van der Waals surface area contributed by atoms with Crippen LogP contribution in [0.5, 0.6) is 0 Å². The van der Waals surface area contributed by atoms with Gasteiger partial charge in [-0.05, 0) is 5.92 Å². The monoisotopic (exact) mass is 287 g/mol. The predicted molar refractivity (Wildman–Crippen MR) is 75.7 cm³/mol. The number of aliphatic carboxylic acids is 1. The first-order valence-corrected chi connectivity index (χ1v) is 7.33. The highest BCUT2D eigenvalue weighted by atomic mass is 16.5. The summed E-state index contributed by atoms with van der Waals surface area (Å²) in [5, 5.41) is 10.7. The molecule has 118 valence electrons. The van der Waals surface area contributed by atoms with Crippen LogP contribution in [0.4, 0.5) is 0 Å². The standard InChI is InChI=1S/C15H29NO4/c1-6-7-8-12(2)9-15(19)20-13(10-14(17)18)11-16(3,4)5/h12-13H,6-11H2,1-5H3. The summed E-state index contributed by atoms with van der Waals surface area (Å²) in [7, 11) is 5.79. The first-order valence-electron chi connectivity index (χ1n) is 7.33. The number of unbranched alkanes of at least 4 members (excludes halogenated alkanes) is 1. The molecule has 0 fully saturated rings. The van der Waals surface area contributed by atoms with E-state index in [1.165, 1.54) is 0 Å². The van der Waals surface area contributed by atoms with E-state index in [9.17, 15) is 14.7 Å². The van der Waals surface area contributed by atoms with Crippen molar-refractivity contribution < 1.29 is 23.9 Å². The van der Waals surface area contributed by atoms with E-state index in [1.807, 2.05) is 28.1 Å². The highest BCUT2D eigenvalue weighted by Crippen LogP contribution is 2.14. The first-order chi connectivity index (χ1) is 9.14. The van der Waals surface area contributed by atoms with Crippen molar-refractivity contribution in [2.75, 3.05) is 27.7 Å². The summed E-state index contributed by atoms with van der Waals surface area (Å²) < 4.78 is 5.85. The molecular weight excluding hydrogens is 258 g/mol. The molecule has 0 N–H and O–H groups in total. The lowest BCUT2D eigenvalue weighted by Gasteiger charge is -2.29. The maximum atomic E-state index is 11.9. The fraction of sp³-hybridized carbons (Fsp3) is 0.867. The van der Waals surface area contributed by atoms with Gasteiger partial charge in [0.15, 0.2) is 6.10 Å². The number of nitrogens with zero attached hydrogens (tertiary/aromatic N) is 1. The zero-order valence-corrected chi connectivity index (χ0v) is 13.5. The second-order valence-corrected chi connectivity index (χ2v) is 6.61. The van der Waals surface area contributed by atoms with E-state index in [0.29, 0.717) is 17.4 Å². The molecule has 0 aromatic heterocycles. The van der Waals surface area contributed by atoms with Gasteiger partial charge in [0.2, 0.25) is 0 Å². The SMILES string of the molecule is CCCCC(C)CC(=O)OC(CC(=O)[O-])C[N+](C)(C)C. The van der Waals surface area contributed by atoms with Crippen LogP contribution in [-0.4, -0.2) is 50.2 Å². The third kappa shape index (κ3) is 10.8. The van der Waals surface area contributed by atoms with E-state index in [4.69, 9.17) is 4.74 Å². The molecule has 0 aromatic rings. The summed E-state index contributed by atoms with van der Waals surface area (Å²) in [6.45, 7) is 4.59.